The van der Waals surface area contributed by atoms with Crippen LogP contribution in [0.1, 0.15) is 11.3 Å². The van der Waals surface area contributed by atoms with Crippen LogP contribution in [0.25, 0.3) is 11.8 Å². The van der Waals surface area contributed by atoms with Crippen molar-refractivity contribution in [2.24, 2.45) is 0 Å². The Morgan fingerprint density at radius 1 is 1.20 bits per heavy atom. The van der Waals surface area contributed by atoms with Gasteiger partial charge in [-0.2, -0.15) is 0 Å². The van der Waals surface area contributed by atoms with Crippen LogP contribution in [0.2, 0.25) is 0 Å². The second kappa shape index (κ2) is 6.64. The zero-order valence-electron chi connectivity index (χ0n) is 13.9. The molecule has 3 rings (SSSR count). The summed E-state index contributed by atoms with van der Waals surface area (Å²) >= 11 is 0. The van der Waals surface area contributed by atoms with Gasteiger partial charge in [-0.1, -0.05) is 17.7 Å². The van der Waals surface area contributed by atoms with Gasteiger partial charge in [0.2, 0.25) is 0 Å². The summed E-state index contributed by atoms with van der Waals surface area (Å²) in [5.74, 6) is -1.22. The van der Waals surface area contributed by atoms with Crippen molar-refractivity contribution < 1.29 is 19.1 Å². The monoisotopic (exact) mass is 339 g/mol. The molecular formula is C18H17N3O4. The molecule has 1 aromatic heterocycles. The molecule has 0 bridgehead atoms. The highest BCUT2D eigenvalue weighted by atomic mass is 16.5. The first kappa shape index (κ1) is 16.5. The van der Waals surface area contributed by atoms with Crippen molar-refractivity contribution in [3.05, 3.63) is 59.5 Å². The number of hydrogen-bond acceptors (Lipinski definition) is 4. The number of nitrogens with zero attached hydrogens (tertiary/aromatic N) is 2. The number of ether oxygens (including phenoxy) is 1. The van der Waals surface area contributed by atoms with Gasteiger partial charge in [0.05, 0.1) is 7.11 Å². The molecule has 2 aromatic rings. The van der Waals surface area contributed by atoms with Crippen molar-refractivity contribution in [2.75, 3.05) is 13.7 Å². The summed E-state index contributed by atoms with van der Waals surface area (Å²) in [6, 6.07) is 11.0. The number of rotatable bonds is 4. The van der Waals surface area contributed by atoms with Gasteiger partial charge in [-0.3, -0.25) is 9.59 Å². The molecule has 1 aliphatic heterocycles. The largest absolute Gasteiger partial charge is 0.468 e. The van der Waals surface area contributed by atoms with Crippen molar-refractivity contribution in [3.8, 4) is 5.69 Å². The minimum absolute atomic E-state index is 0.112. The lowest BCUT2D eigenvalue weighted by Gasteiger charge is -2.09. The van der Waals surface area contributed by atoms with E-state index in [1.807, 2.05) is 54.1 Å². The molecular weight excluding hydrogens is 322 g/mol. The van der Waals surface area contributed by atoms with Gasteiger partial charge >= 0.3 is 12.0 Å². The first-order chi connectivity index (χ1) is 12.0. The van der Waals surface area contributed by atoms with Gasteiger partial charge in [0.25, 0.3) is 5.91 Å². The topological polar surface area (TPSA) is 80.6 Å². The quantitative estimate of drug-likeness (QED) is 0.524. The van der Waals surface area contributed by atoms with E-state index in [2.05, 4.69) is 10.1 Å². The summed E-state index contributed by atoms with van der Waals surface area (Å²) in [5, 5.41) is 2.49. The van der Waals surface area contributed by atoms with Gasteiger partial charge < -0.3 is 14.6 Å². The molecule has 1 N–H and O–H groups in total. The van der Waals surface area contributed by atoms with Crippen molar-refractivity contribution in [3.63, 3.8) is 0 Å². The number of aryl methyl sites for hydroxylation is 1. The maximum Gasteiger partial charge on any atom is 0.329 e. The number of amides is 3. The van der Waals surface area contributed by atoms with E-state index >= 15 is 0 Å². The Hall–Kier alpha value is -3.35. The van der Waals surface area contributed by atoms with E-state index in [1.165, 1.54) is 7.11 Å². The highest BCUT2D eigenvalue weighted by Gasteiger charge is 2.35. The molecule has 0 saturated carbocycles. The first-order valence-corrected chi connectivity index (χ1v) is 7.65. The van der Waals surface area contributed by atoms with Gasteiger partial charge in [-0.25, -0.2) is 9.69 Å². The fraction of sp³-hybridized carbons (Fsp3) is 0.167. The van der Waals surface area contributed by atoms with Crippen LogP contribution < -0.4 is 5.32 Å². The second-order valence-electron chi connectivity index (χ2n) is 5.59. The summed E-state index contributed by atoms with van der Waals surface area (Å²) in [6.07, 6.45) is 3.45. The van der Waals surface area contributed by atoms with Crippen molar-refractivity contribution in [2.45, 2.75) is 6.92 Å². The fourth-order valence-electron chi connectivity index (χ4n) is 2.51. The molecule has 0 atom stereocenters. The van der Waals surface area contributed by atoms with Crippen LogP contribution >= 0.6 is 0 Å². The van der Waals surface area contributed by atoms with Gasteiger partial charge in [0.15, 0.2) is 0 Å². The first-order valence-electron chi connectivity index (χ1n) is 7.65. The minimum atomic E-state index is -0.659. The minimum Gasteiger partial charge on any atom is -0.468 e. The average molecular weight is 339 g/mol. The third-order valence-corrected chi connectivity index (χ3v) is 3.86. The Balaban J connectivity index is 1.88. The van der Waals surface area contributed by atoms with Crippen LogP contribution in [0, 0.1) is 6.92 Å². The predicted molar refractivity (Wildman–Crippen MR) is 90.7 cm³/mol. The van der Waals surface area contributed by atoms with E-state index in [0.717, 1.165) is 21.8 Å². The molecule has 128 valence electrons. The van der Waals surface area contributed by atoms with E-state index in [-0.39, 0.29) is 5.70 Å². The normalized spacial score (nSPS) is 15.6. The summed E-state index contributed by atoms with van der Waals surface area (Å²) in [5.41, 5.74) is 2.92. The standard InChI is InChI=1S/C18H17N3O4/c1-12-5-7-13(8-6-12)20-9-3-4-14(20)10-15-17(23)21(18(24)19-15)11-16(22)25-2/h3-10H,11H2,1-2H3,(H,19,24). The van der Waals surface area contributed by atoms with E-state index in [4.69, 9.17) is 0 Å². The van der Waals surface area contributed by atoms with E-state index in [9.17, 15) is 14.4 Å². The van der Waals surface area contributed by atoms with Crippen molar-refractivity contribution in [1.82, 2.24) is 14.8 Å². The van der Waals surface area contributed by atoms with E-state index in [0.29, 0.717) is 0 Å². The molecule has 0 unspecified atom stereocenters. The number of hydrogen-bond donors (Lipinski definition) is 1. The van der Waals surface area contributed by atoms with E-state index < -0.39 is 24.5 Å². The lowest BCUT2D eigenvalue weighted by atomic mass is 10.2. The van der Waals surface area contributed by atoms with Crippen LogP contribution in [0.5, 0.6) is 0 Å². The molecule has 0 spiro atoms. The van der Waals surface area contributed by atoms with Crippen LogP contribution in [0.4, 0.5) is 4.79 Å². The molecule has 0 radical (unpaired) electrons. The third-order valence-electron chi connectivity index (χ3n) is 3.86. The third kappa shape index (κ3) is 3.30. The molecule has 1 saturated heterocycles. The molecule has 0 aliphatic carbocycles. The smallest absolute Gasteiger partial charge is 0.329 e. The Labute approximate surface area is 144 Å². The summed E-state index contributed by atoms with van der Waals surface area (Å²) < 4.78 is 6.40. The van der Waals surface area contributed by atoms with E-state index in [1.54, 1.807) is 6.08 Å². The molecule has 1 fully saturated rings. The van der Waals surface area contributed by atoms with Gasteiger partial charge in [-0.05, 0) is 37.3 Å². The lowest BCUT2D eigenvalue weighted by molar-refractivity contribution is -0.143. The number of methoxy groups -OCH3 is 1. The zero-order valence-corrected chi connectivity index (χ0v) is 13.9. The Kier molecular flexibility index (Phi) is 4.38. The highest BCUT2D eigenvalue weighted by molar-refractivity contribution is 6.15. The number of benzene rings is 1. The van der Waals surface area contributed by atoms with Gasteiger partial charge in [0.1, 0.15) is 12.2 Å². The number of aromatic nitrogens is 1. The average Bonchev–Trinajstić information content (AvgIpc) is 3.16. The fourth-order valence-corrected chi connectivity index (χ4v) is 2.51. The SMILES string of the molecule is COC(=O)CN1C(=O)NC(=Cc2cccn2-c2ccc(C)cc2)C1=O. The molecule has 1 aliphatic rings. The van der Waals surface area contributed by atoms with Crippen LogP contribution in [-0.2, 0) is 14.3 Å². The molecule has 2 heterocycles. The second-order valence-corrected chi connectivity index (χ2v) is 5.59. The number of urea groups is 1. The van der Waals surface area contributed by atoms with Gasteiger partial charge in [0, 0.05) is 17.6 Å². The molecule has 1 aromatic carbocycles. The number of nitrogens with one attached hydrogen (secondary N) is 1. The molecule has 7 heteroatoms. The zero-order chi connectivity index (χ0) is 18.0. The molecule has 25 heavy (non-hydrogen) atoms. The van der Waals surface area contributed by atoms with Crippen LogP contribution in [0.3, 0.4) is 0 Å². The predicted octanol–water partition coefficient (Wildman–Crippen LogP) is 1.85. The number of carbonyl (C=O) groups is 3. The molecule has 7 nitrogen and oxygen atoms in total. The maximum absolute atomic E-state index is 12.3. The highest BCUT2D eigenvalue weighted by Crippen LogP contribution is 2.18. The number of carbonyl (C=O) groups excluding carboxylic acids is 3. The van der Waals surface area contributed by atoms with Crippen molar-refractivity contribution >= 4 is 24.0 Å². The summed E-state index contributed by atoms with van der Waals surface area (Å²) in [7, 11) is 1.20. The van der Waals surface area contributed by atoms with Crippen LogP contribution in [-0.4, -0.2) is 41.0 Å². The van der Waals surface area contributed by atoms with Gasteiger partial charge in [-0.15, -0.1) is 0 Å². The van der Waals surface area contributed by atoms with Crippen LogP contribution in [0.15, 0.2) is 48.3 Å². The summed E-state index contributed by atoms with van der Waals surface area (Å²) in [6.45, 7) is 1.59. The Morgan fingerprint density at radius 3 is 2.60 bits per heavy atom. The number of esters is 1. The summed E-state index contributed by atoms with van der Waals surface area (Å²) in [4.78, 5) is 36.4. The Bertz CT molecular complexity index is 865. The maximum atomic E-state index is 12.3. The molecule has 3 amide bonds. The lowest BCUT2D eigenvalue weighted by Crippen LogP contribution is -2.36. The Morgan fingerprint density at radius 2 is 1.92 bits per heavy atom. The van der Waals surface area contributed by atoms with Crippen molar-refractivity contribution in [1.29, 1.82) is 0 Å². The number of imide groups is 1.